The first kappa shape index (κ1) is 16.6. The molecule has 0 aliphatic rings. The topological polar surface area (TPSA) is 72.9 Å². The standard InChI is InChI=1S/C12H14F3N3O3/c1-17(10(19)16-8-12(13,14)15)18(11(20)21)7-9-5-3-2-4-6-9/h2-6H,7-8H2,1H3,(H,16,19)(H,20,21). The van der Waals surface area contributed by atoms with E-state index in [0.29, 0.717) is 15.6 Å². The van der Waals surface area contributed by atoms with Gasteiger partial charge in [0.15, 0.2) is 0 Å². The normalized spacial score (nSPS) is 10.9. The minimum absolute atomic E-state index is 0.161. The number of rotatable bonds is 3. The summed E-state index contributed by atoms with van der Waals surface area (Å²) in [6.07, 6.45) is -6.02. The largest absolute Gasteiger partial charge is 0.464 e. The molecule has 9 heteroatoms. The zero-order chi connectivity index (χ0) is 16.0. The Balaban J connectivity index is 2.71. The highest BCUT2D eigenvalue weighted by Gasteiger charge is 2.30. The molecule has 6 nitrogen and oxygen atoms in total. The van der Waals surface area contributed by atoms with Gasteiger partial charge in [0.05, 0.1) is 6.54 Å². The lowest BCUT2D eigenvalue weighted by atomic mass is 10.2. The van der Waals surface area contributed by atoms with E-state index < -0.39 is 24.8 Å². The number of nitrogens with zero attached hydrogens (tertiary/aromatic N) is 2. The van der Waals surface area contributed by atoms with E-state index in [1.807, 2.05) is 0 Å². The predicted octanol–water partition coefficient (Wildman–Crippen LogP) is 2.29. The van der Waals surface area contributed by atoms with Gasteiger partial charge in [0.1, 0.15) is 6.54 Å². The molecule has 116 valence electrons. The Kier molecular flexibility index (Phi) is 5.39. The van der Waals surface area contributed by atoms with Gasteiger partial charge in [0.25, 0.3) is 0 Å². The van der Waals surface area contributed by atoms with Crippen molar-refractivity contribution in [2.75, 3.05) is 13.6 Å². The van der Waals surface area contributed by atoms with Crippen molar-refractivity contribution in [2.24, 2.45) is 0 Å². The molecular weight excluding hydrogens is 291 g/mol. The third kappa shape index (κ3) is 5.59. The second-order valence-electron chi connectivity index (χ2n) is 4.12. The zero-order valence-electron chi connectivity index (χ0n) is 11.1. The molecule has 3 amide bonds. The number of hydrogen-bond acceptors (Lipinski definition) is 2. The van der Waals surface area contributed by atoms with Crippen molar-refractivity contribution in [2.45, 2.75) is 12.7 Å². The van der Waals surface area contributed by atoms with Crippen molar-refractivity contribution in [3.05, 3.63) is 35.9 Å². The average molecular weight is 305 g/mol. The minimum Gasteiger partial charge on any atom is -0.464 e. The molecule has 0 spiro atoms. The van der Waals surface area contributed by atoms with E-state index in [1.54, 1.807) is 35.6 Å². The SMILES string of the molecule is CN(C(=O)NCC(F)(F)F)N(Cc1ccccc1)C(=O)O. The number of carbonyl (C=O) groups excluding carboxylic acids is 1. The number of hydrazine groups is 1. The Labute approximate surface area is 118 Å². The summed E-state index contributed by atoms with van der Waals surface area (Å²) in [5, 5.41) is 11.9. The van der Waals surface area contributed by atoms with Crippen LogP contribution in [0.4, 0.5) is 22.8 Å². The van der Waals surface area contributed by atoms with Crippen LogP contribution in [0.1, 0.15) is 5.56 Å². The lowest BCUT2D eigenvalue weighted by molar-refractivity contribution is -0.123. The van der Waals surface area contributed by atoms with E-state index in [-0.39, 0.29) is 6.54 Å². The fraction of sp³-hybridized carbons (Fsp3) is 0.333. The van der Waals surface area contributed by atoms with E-state index in [0.717, 1.165) is 7.05 Å². The van der Waals surface area contributed by atoms with Gasteiger partial charge in [-0.25, -0.2) is 19.6 Å². The van der Waals surface area contributed by atoms with Gasteiger partial charge in [-0.05, 0) is 5.56 Å². The molecule has 1 aromatic carbocycles. The molecule has 0 heterocycles. The van der Waals surface area contributed by atoms with Crippen LogP contribution in [0.3, 0.4) is 0 Å². The van der Waals surface area contributed by atoms with Crippen molar-refractivity contribution < 1.29 is 27.9 Å². The van der Waals surface area contributed by atoms with Gasteiger partial charge >= 0.3 is 18.3 Å². The van der Waals surface area contributed by atoms with Gasteiger partial charge in [0.2, 0.25) is 0 Å². The lowest BCUT2D eigenvalue weighted by Gasteiger charge is -2.29. The number of carboxylic acid groups (broad SMARTS) is 1. The first-order valence-electron chi connectivity index (χ1n) is 5.83. The summed E-state index contributed by atoms with van der Waals surface area (Å²) in [7, 11) is 1.07. The van der Waals surface area contributed by atoms with Crippen molar-refractivity contribution in [3.63, 3.8) is 0 Å². The van der Waals surface area contributed by atoms with E-state index in [2.05, 4.69) is 0 Å². The average Bonchev–Trinajstić information content (AvgIpc) is 2.41. The molecule has 0 fully saturated rings. The molecule has 0 aliphatic heterocycles. The monoisotopic (exact) mass is 305 g/mol. The number of carbonyl (C=O) groups is 2. The van der Waals surface area contributed by atoms with Crippen molar-refractivity contribution >= 4 is 12.1 Å². The molecule has 0 unspecified atom stereocenters. The molecule has 21 heavy (non-hydrogen) atoms. The van der Waals surface area contributed by atoms with Crippen LogP contribution >= 0.6 is 0 Å². The summed E-state index contributed by atoms with van der Waals surface area (Å²) in [4.78, 5) is 22.7. The lowest BCUT2D eigenvalue weighted by Crippen LogP contribution is -2.51. The van der Waals surface area contributed by atoms with Crippen LogP contribution in [0.15, 0.2) is 30.3 Å². The Hall–Kier alpha value is -2.45. The van der Waals surface area contributed by atoms with Crippen molar-refractivity contribution in [3.8, 4) is 0 Å². The second kappa shape index (κ2) is 6.82. The van der Waals surface area contributed by atoms with Crippen LogP contribution in [0.2, 0.25) is 0 Å². The number of alkyl halides is 3. The van der Waals surface area contributed by atoms with Gasteiger partial charge in [-0.3, -0.25) is 0 Å². The van der Waals surface area contributed by atoms with E-state index in [4.69, 9.17) is 5.11 Å². The van der Waals surface area contributed by atoms with Crippen LogP contribution in [-0.4, -0.2) is 47.0 Å². The zero-order valence-corrected chi connectivity index (χ0v) is 11.1. The number of nitrogens with one attached hydrogen (secondary N) is 1. The number of halogens is 3. The smallest absolute Gasteiger partial charge is 0.426 e. The summed E-state index contributed by atoms with van der Waals surface area (Å²) in [5.74, 6) is 0. The molecule has 0 bridgehead atoms. The number of urea groups is 1. The van der Waals surface area contributed by atoms with Crippen molar-refractivity contribution in [1.82, 2.24) is 15.3 Å². The van der Waals surface area contributed by atoms with Crippen LogP contribution in [0, 0.1) is 0 Å². The Bertz CT molecular complexity index is 494. The van der Waals surface area contributed by atoms with Gasteiger partial charge in [0, 0.05) is 7.05 Å². The first-order chi connectivity index (χ1) is 9.70. The molecule has 0 aromatic heterocycles. The summed E-state index contributed by atoms with van der Waals surface area (Å²) >= 11 is 0. The number of hydrogen-bond donors (Lipinski definition) is 2. The van der Waals surface area contributed by atoms with Crippen LogP contribution in [0.25, 0.3) is 0 Å². The number of amides is 3. The molecule has 0 aliphatic carbocycles. The maximum absolute atomic E-state index is 12.0. The van der Waals surface area contributed by atoms with Gasteiger partial charge in [-0.15, -0.1) is 0 Å². The Morgan fingerprint density at radius 2 is 1.81 bits per heavy atom. The number of benzene rings is 1. The Morgan fingerprint density at radius 1 is 1.24 bits per heavy atom. The fourth-order valence-corrected chi connectivity index (χ4v) is 1.46. The molecule has 0 radical (unpaired) electrons. The van der Waals surface area contributed by atoms with Crippen molar-refractivity contribution in [1.29, 1.82) is 0 Å². The predicted molar refractivity (Wildman–Crippen MR) is 67.2 cm³/mol. The quantitative estimate of drug-likeness (QED) is 0.842. The molecular formula is C12H14F3N3O3. The molecule has 0 saturated heterocycles. The molecule has 2 N–H and O–H groups in total. The summed E-state index contributed by atoms with van der Waals surface area (Å²) in [6.45, 7) is -1.69. The van der Waals surface area contributed by atoms with Crippen LogP contribution < -0.4 is 5.32 Å². The summed E-state index contributed by atoms with van der Waals surface area (Å²) < 4.78 is 36.1. The maximum Gasteiger partial charge on any atom is 0.426 e. The first-order valence-corrected chi connectivity index (χ1v) is 5.83. The summed E-state index contributed by atoms with van der Waals surface area (Å²) in [6, 6.07) is 7.20. The third-order valence-electron chi connectivity index (χ3n) is 2.49. The Morgan fingerprint density at radius 3 is 2.29 bits per heavy atom. The second-order valence-corrected chi connectivity index (χ2v) is 4.12. The highest BCUT2D eigenvalue weighted by Crippen LogP contribution is 2.13. The maximum atomic E-state index is 12.0. The summed E-state index contributed by atoms with van der Waals surface area (Å²) in [5.41, 5.74) is 0.593. The van der Waals surface area contributed by atoms with E-state index in [1.165, 1.54) is 0 Å². The third-order valence-corrected chi connectivity index (χ3v) is 2.49. The van der Waals surface area contributed by atoms with Gasteiger partial charge < -0.3 is 10.4 Å². The molecule has 1 rings (SSSR count). The minimum atomic E-state index is -4.57. The van der Waals surface area contributed by atoms with Gasteiger partial charge in [-0.2, -0.15) is 13.2 Å². The molecule has 1 aromatic rings. The van der Waals surface area contributed by atoms with E-state index >= 15 is 0 Å². The highest BCUT2D eigenvalue weighted by atomic mass is 19.4. The molecule has 0 atom stereocenters. The fourth-order valence-electron chi connectivity index (χ4n) is 1.46. The van der Waals surface area contributed by atoms with Crippen LogP contribution in [0.5, 0.6) is 0 Å². The van der Waals surface area contributed by atoms with Crippen LogP contribution in [-0.2, 0) is 6.54 Å². The van der Waals surface area contributed by atoms with Gasteiger partial charge in [-0.1, -0.05) is 30.3 Å². The van der Waals surface area contributed by atoms with E-state index in [9.17, 15) is 22.8 Å². The molecule has 0 saturated carbocycles. The highest BCUT2D eigenvalue weighted by molar-refractivity contribution is 5.77.